The van der Waals surface area contributed by atoms with Crippen LogP contribution < -0.4 is 10.1 Å². The van der Waals surface area contributed by atoms with Crippen LogP contribution in [0.5, 0.6) is 5.75 Å². The van der Waals surface area contributed by atoms with Crippen molar-refractivity contribution in [1.29, 1.82) is 0 Å². The molecule has 0 saturated heterocycles. The summed E-state index contributed by atoms with van der Waals surface area (Å²) in [6.07, 6.45) is 0.242. The number of rotatable bonds is 7. The Labute approximate surface area is 175 Å². The van der Waals surface area contributed by atoms with E-state index in [9.17, 15) is 4.79 Å². The number of methoxy groups -OCH3 is 1. The molecule has 3 rings (SSSR count). The number of benzene rings is 2. The van der Waals surface area contributed by atoms with Crippen LogP contribution in [0.1, 0.15) is 16.8 Å². The molecule has 1 N–H and O–H groups in total. The number of ether oxygens (including phenoxy) is 1. The summed E-state index contributed by atoms with van der Waals surface area (Å²) < 4.78 is 7.34. The molecule has 1 aromatic heterocycles. The molecule has 0 spiro atoms. The van der Waals surface area contributed by atoms with Crippen molar-refractivity contribution < 1.29 is 9.53 Å². The molecule has 7 heteroatoms. The largest absolute Gasteiger partial charge is 0.495 e. The van der Waals surface area contributed by atoms with Crippen LogP contribution in [0.4, 0.5) is 5.69 Å². The summed E-state index contributed by atoms with van der Waals surface area (Å²) in [5, 5.41) is 4.85. The topological polar surface area (TPSA) is 51.2 Å². The fraction of sp³-hybridized carbons (Fsp3) is 0.200. The third-order valence-electron chi connectivity index (χ3n) is 3.78. The third-order valence-corrected chi connectivity index (χ3v) is 6.45. The normalized spacial score (nSPS) is 10.6. The maximum Gasteiger partial charge on any atom is 0.230 e. The summed E-state index contributed by atoms with van der Waals surface area (Å²) in [6.45, 7) is 1.98. The van der Waals surface area contributed by atoms with Crippen LogP contribution in [-0.2, 0) is 17.0 Å². The molecule has 0 saturated carbocycles. The molecule has 140 valence electrons. The van der Waals surface area contributed by atoms with Crippen LogP contribution in [-0.4, -0.2) is 18.0 Å². The van der Waals surface area contributed by atoms with Gasteiger partial charge in [0, 0.05) is 15.6 Å². The van der Waals surface area contributed by atoms with Gasteiger partial charge in [0.2, 0.25) is 5.91 Å². The van der Waals surface area contributed by atoms with Crippen LogP contribution >= 0.6 is 39.0 Å². The highest BCUT2D eigenvalue weighted by Crippen LogP contribution is 2.28. The Morgan fingerprint density at radius 3 is 2.78 bits per heavy atom. The molecule has 2 aromatic carbocycles. The van der Waals surface area contributed by atoms with Crippen molar-refractivity contribution >= 4 is 50.6 Å². The summed E-state index contributed by atoms with van der Waals surface area (Å²) in [6, 6.07) is 14.0. The molecular formula is C20H19BrN2O2S2. The van der Waals surface area contributed by atoms with Crippen LogP contribution in [0.25, 0.3) is 0 Å². The third kappa shape index (κ3) is 5.82. The molecule has 3 aromatic rings. The standard InChI is InChI=1S/C20H19BrN2O2S2/c1-13-3-8-18(25-2)17(9-13)23-19(24)10-16-12-27-20(22-16)26-11-14-4-6-15(21)7-5-14/h3-9,12H,10-11H2,1-2H3,(H,23,24). The highest BCUT2D eigenvalue weighted by atomic mass is 79.9. The highest BCUT2D eigenvalue weighted by molar-refractivity contribution is 9.10. The monoisotopic (exact) mass is 462 g/mol. The van der Waals surface area contributed by atoms with Gasteiger partial charge in [-0.15, -0.1) is 11.3 Å². The van der Waals surface area contributed by atoms with Gasteiger partial charge in [0.15, 0.2) is 0 Å². The minimum atomic E-state index is -0.103. The van der Waals surface area contributed by atoms with Gasteiger partial charge in [-0.3, -0.25) is 4.79 Å². The van der Waals surface area contributed by atoms with E-state index in [2.05, 4.69) is 38.4 Å². The fourth-order valence-corrected chi connectivity index (χ4v) is 4.50. The summed E-state index contributed by atoms with van der Waals surface area (Å²) in [5.41, 5.74) is 3.76. The van der Waals surface area contributed by atoms with Gasteiger partial charge in [-0.25, -0.2) is 4.98 Å². The molecule has 0 bridgehead atoms. The number of nitrogens with zero attached hydrogens (tertiary/aromatic N) is 1. The van der Waals surface area contributed by atoms with Crippen LogP contribution in [0.15, 0.2) is 56.7 Å². The average Bonchev–Trinajstić information content (AvgIpc) is 3.08. The predicted octanol–water partition coefficient (Wildman–Crippen LogP) is 5.70. The number of amides is 1. The Morgan fingerprint density at radius 1 is 1.26 bits per heavy atom. The number of carbonyl (C=O) groups is 1. The summed E-state index contributed by atoms with van der Waals surface area (Å²) in [7, 11) is 1.59. The molecule has 0 aliphatic rings. The lowest BCUT2D eigenvalue weighted by Crippen LogP contribution is -2.15. The van der Waals surface area contributed by atoms with E-state index < -0.39 is 0 Å². The quantitative estimate of drug-likeness (QED) is 0.457. The van der Waals surface area contributed by atoms with E-state index in [1.807, 2.05) is 42.6 Å². The number of carbonyl (C=O) groups excluding carboxylic acids is 1. The molecule has 0 aliphatic carbocycles. The zero-order chi connectivity index (χ0) is 19.2. The number of anilines is 1. The van der Waals surface area contributed by atoms with E-state index in [0.29, 0.717) is 11.4 Å². The molecule has 27 heavy (non-hydrogen) atoms. The summed E-state index contributed by atoms with van der Waals surface area (Å²) in [5.74, 6) is 1.40. The highest BCUT2D eigenvalue weighted by Gasteiger charge is 2.11. The lowest BCUT2D eigenvalue weighted by molar-refractivity contribution is -0.115. The number of aromatic nitrogens is 1. The SMILES string of the molecule is COc1ccc(C)cc1NC(=O)Cc1csc(SCc2ccc(Br)cc2)n1. The van der Waals surface area contributed by atoms with Gasteiger partial charge < -0.3 is 10.1 Å². The van der Waals surface area contributed by atoms with Gasteiger partial charge in [-0.05, 0) is 42.3 Å². The second-order valence-corrected chi connectivity index (χ2v) is 8.94. The van der Waals surface area contributed by atoms with Gasteiger partial charge in [-0.1, -0.05) is 45.9 Å². The van der Waals surface area contributed by atoms with Crippen LogP contribution in [0.3, 0.4) is 0 Å². The van der Waals surface area contributed by atoms with Crippen molar-refractivity contribution in [1.82, 2.24) is 4.98 Å². The van der Waals surface area contributed by atoms with Crippen molar-refractivity contribution in [3.63, 3.8) is 0 Å². The molecule has 0 unspecified atom stereocenters. The lowest BCUT2D eigenvalue weighted by atomic mass is 10.2. The number of aryl methyl sites for hydroxylation is 1. The zero-order valence-corrected chi connectivity index (χ0v) is 18.2. The number of thiazole rings is 1. The van der Waals surface area contributed by atoms with Crippen molar-refractivity contribution in [2.75, 3.05) is 12.4 Å². The first-order chi connectivity index (χ1) is 13.0. The Hall–Kier alpha value is -1.83. The number of hydrogen-bond acceptors (Lipinski definition) is 5. The molecule has 0 atom stereocenters. The van der Waals surface area contributed by atoms with E-state index in [1.165, 1.54) is 5.56 Å². The van der Waals surface area contributed by atoms with Gasteiger partial charge in [0.25, 0.3) is 0 Å². The Morgan fingerprint density at radius 2 is 2.04 bits per heavy atom. The van der Waals surface area contributed by atoms with Crippen LogP contribution in [0.2, 0.25) is 0 Å². The Balaban J connectivity index is 1.56. The first-order valence-corrected chi connectivity index (χ1v) is 11.0. The first kappa shape index (κ1) is 19.9. The smallest absolute Gasteiger partial charge is 0.230 e. The lowest BCUT2D eigenvalue weighted by Gasteiger charge is -2.10. The molecule has 0 radical (unpaired) electrons. The Bertz CT molecular complexity index is 926. The number of hydrogen-bond donors (Lipinski definition) is 1. The minimum absolute atomic E-state index is 0.103. The average molecular weight is 463 g/mol. The molecule has 0 fully saturated rings. The van der Waals surface area contributed by atoms with Gasteiger partial charge in [-0.2, -0.15) is 0 Å². The molecule has 1 amide bonds. The van der Waals surface area contributed by atoms with Crippen molar-refractivity contribution in [2.45, 2.75) is 23.4 Å². The van der Waals surface area contributed by atoms with Gasteiger partial charge in [0.05, 0.1) is 24.9 Å². The van der Waals surface area contributed by atoms with Crippen molar-refractivity contribution in [2.24, 2.45) is 0 Å². The van der Waals surface area contributed by atoms with Crippen molar-refractivity contribution in [3.05, 3.63) is 69.1 Å². The zero-order valence-electron chi connectivity index (χ0n) is 15.0. The first-order valence-electron chi connectivity index (χ1n) is 8.29. The fourth-order valence-electron chi connectivity index (χ4n) is 2.44. The second-order valence-electron chi connectivity index (χ2n) is 5.95. The van der Waals surface area contributed by atoms with E-state index in [0.717, 1.165) is 25.8 Å². The molecule has 4 nitrogen and oxygen atoms in total. The number of thioether (sulfide) groups is 1. The predicted molar refractivity (Wildman–Crippen MR) is 116 cm³/mol. The van der Waals surface area contributed by atoms with Gasteiger partial charge in [0.1, 0.15) is 10.1 Å². The van der Waals surface area contributed by atoms with Gasteiger partial charge >= 0.3 is 0 Å². The van der Waals surface area contributed by atoms with E-state index in [4.69, 9.17) is 4.74 Å². The summed E-state index contributed by atoms with van der Waals surface area (Å²) >= 11 is 6.69. The molecular weight excluding hydrogens is 444 g/mol. The van der Waals surface area contributed by atoms with Crippen LogP contribution in [0, 0.1) is 6.92 Å². The molecule has 1 heterocycles. The minimum Gasteiger partial charge on any atom is -0.495 e. The van der Waals surface area contributed by atoms with E-state index >= 15 is 0 Å². The number of nitrogens with one attached hydrogen (secondary N) is 1. The van der Waals surface area contributed by atoms with E-state index in [-0.39, 0.29) is 12.3 Å². The maximum atomic E-state index is 12.4. The molecule has 0 aliphatic heterocycles. The maximum absolute atomic E-state index is 12.4. The van der Waals surface area contributed by atoms with E-state index in [1.54, 1.807) is 30.2 Å². The Kier molecular flexibility index (Phi) is 6.93. The second kappa shape index (κ2) is 9.39. The number of halogens is 1. The van der Waals surface area contributed by atoms with Crippen molar-refractivity contribution in [3.8, 4) is 5.75 Å². The summed E-state index contributed by atoms with van der Waals surface area (Å²) in [4.78, 5) is 16.9.